The van der Waals surface area contributed by atoms with Gasteiger partial charge in [-0.1, -0.05) is 43.4 Å². The number of phosphoric acid groups is 1. The first-order valence-electron chi connectivity index (χ1n) is 13.2. The van der Waals surface area contributed by atoms with Gasteiger partial charge in [0.1, 0.15) is 22.9 Å². The summed E-state index contributed by atoms with van der Waals surface area (Å²) in [5, 5.41) is 11.7. The number of carbonyl (C=O) groups excluding carboxylic acids is 2. The number of carboxylic acids is 1. The number of alkyl halides is 3. The molecule has 1 saturated heterocycles. The molecule has 2 aliphatic rings. The van der Waals surface area contributed by atoms with Crippen LogP contribution in [0.2, 0.25) is 0 Å². The van der Waals surface area contributed by atoms with Crippen molar-refractivity contribution in [1.82, 2.24) is 10.3 Å². The molecule has 2 aromatic rings. The van der Waals surface area contributed by atoms with Crippen molar-refractivity contribution in [1.29, 1.82) is 0 Å². The predicted octanol–water partition coefficient (Wildman–Crippen LogP) is 2.50. The topological polar surface area (TPSA) is 165 Å². The fourth-order valence-electron chi connectivity index (χ4n) is 5.40. The molecule has 1 aromatic heterocycles. The van der Waals surface area contributed by atoms with E-state index in [0.717, 1.165) is 17.6 Å². The van der Waals surface area contributed by atoms with Gasteiger partial charge in [-0.2, -0.15) is 13.2 Å². The number of nitrogens with zero attached hydrogens (tertiary/aromatic N) is 1. The van der Waals surface area contributed by atoms with Crippen LogP contribution in [0.25, 0.3) is 0 Å². The second-order valence-electron chi connectivity index (χ2n) is 10.0. The number of hydrogen-bond donors (Lipinski definition) is 4. The van der Waals surface area contributed by atoms with Crippen LogP contribution < -0.4 is 15.0 Å². The van der Waals surface area contributed by atoms with Crippen LogP contribution in [-0.2, 0) is 35.6 Å². The van der Waals surface area contributed by atoms with E-state index in [2.05, 4.69) is 10.3 Å². The molecule has 1 amide bonds. The van der Waals surface area contributed by atoms with E-state index in [1.165, 1.54) is 12.1 Å². The predicted molar refractivity (Wildman–Crippen MR) is 145 cm³/mol. The Balaban J connectivity index is 0.000000676. The minimum absolute atomic E-state index is 0.158. The number of aromatic amines is 1. The molecule has 4 rings (SSSR count). The lowest BCUT2D eigenvalue weighted by atomic mass is 9.63. The number of nitrogens with one attached hydrogen (secondary N) is 2. The Hall–Kier alpha value is -3.62. The molecule has 0 spiro atoms. The third-order valence-corrected chi connectivity index (χ3v) is 7.82. The van der Waals surface area contributed by atoms with Crippen LogP contribution in [0.4, 0.5) is 17.6 Å². The molecule has 0 saturated carbocycles. The normalized spacial score (nSPS) is 22.1. The van der Waals surface area contributed by atoms with Crippen molar-refractivity contribution in [3.8, 4) is 0 Å². The summed E-state index contributed by atoms with van der Waals surface area (Å²) in [5.41, 5.74) is 2.62. The van der Waals surface area contributed by atoms with Crippen LogP contribution in [0.1, 0.15) is 42.6 Å². The molecule has 16 heteroatoms. The number of hydrogen-bond acceptors (Lipinski definition) is 6. The molecule has 4 N–H and O–H groups in total. The van der Waals surface area contributed by atoms with Crippen molar-refractivity contribution in [3.63, 3.8) is 0 Å². The lowest BCUT2D eigenvalue weighted by molar-refractivity contribution is -0.729. The molecule has 1 fully saturated rings. The molecule has 1 aliphatic carbocycles. The molecule has 1 aliphatic heterocycles. The monoisotopic (exact) mass is 645 g/mol. The Kier molecular flexibility index (Phi) is 11.1. The maximum atomic E-state index is 13.8. The number of piperidine rings is 1. The molecule has 11 nitrogen and oxygen atoms in total. The lowest BCUT2D eigenvalue weighted by Gasteiger charge is -2.42. The highest BCUT2D eigenvalue weighted by Gasteiger charge is 2.51. The van der Waals surface area contributed by atoms with Gasteiger partial charge in [0.15, 0.2) is 5.69 Å². The molecule has 2 heterocycles. The number of H-pyrrole nitrogens is 1. The van der Waals surface area contributed by atoms with Crippen molar-refractivity contribution in [2.75, 3.05) is 13.7 Å². The summed E-state index contributed by atoms with van der Waals surface area (Å²) in [6.07, 6.45) is 4.86. The SMILES string of the molecule is COC1C=CC=CC1(/C(=C1\CCCNC1=O)[C@@H](C)c1ccc(F)cc1)c1[nH]c[n+](COP(=O)(O)O)c1C.O=C([O-])C(F)(F)F. The van der Waals surface area contributed by atoms with Gasteiger partial charge in [0.25, 0.3) is 0 Å². The fraction of sp³-hybridized carbons (Fsp3) is 0.393. The number of methoxy groups -OCH3 is 1. The summed E-state index contributed by atoms with van der Waals surface area (Å²) in [5.74, 6) is -3.82. The zero-order valence-corrected chi connectivity index (χ0v) is 24.8. The summed E-state index contributed by atoms with van der Waals surface area (Å²) >= 11 is 0. The number of benzene rings is 1. The Morgan fingerprint density at radius 3 is 2.43 bits per heavy atom. The Bertz CT molecular complexity index is 1500. The van der Waals surface area contributed by atoms with Crippen LogP contribution in [0.3, 0.4) is 0 Å². The number of allylic oxidation sites excluding steroid dienone is 2. The standard InChI is InChI=1S/C26H31FN3O6P.C2HF3O2/c1-17(19-9-11-20(27)12-10-19)23(21-7-6-14-28-25(21)31)26(13-5-4-8-22(26)35-3)24-18(2)30(15-29-24)16-36-37(32,33)34;3-2(4,5)1(6)7/h4-5,8-13,15,17,22H,6-7,14,16H2,1-3H3,(H3,28,31,32,33,34);(H,6,7)/b23-21+;/t17-,22?,26?;/m0./s1. The summed E-state index contributed by atoms with van der Waals surface area (Å²) in [6, 6.07) is 6.24. The molecule has 240 valence electrons. The van der Waals surface area contributed by atoms with E-state index in [1.54, 1.807) is 37.1 Å². The largest absolute Gasteiger partial charge is 0.542 e. The van der Waals surface area contributed by atoms with E-state index in [0.29, 0.717) is 29.9 Å². The van der Waals surface area contributed by atoms with Crippen molar-refractivity contribution in [2.45, 2.75) is 57.0 Å². The van der Waals surface area contributed by atoms with Crippen LogP contribution in [0.15, 0.2) is 66.0 Å². The first-order valence-corrected chi connectivity index (χ1v) is 14.8. The fourth-order valence-corrected chi connectivity index (χ4v) is 5.67. The van der Waals surface area contributed by atoms with E-state index < -0.39 is 31.5 Å². The number of rotatable bonds is 8. The minimum Gasteiger partial charge on any atom is -0.542 e. The Morgan fingerprint density at radius 1 is 1.25 bits per heavy atom. The summed E-state index contributed by atoms with van der Waals surface area (Å²) in [6.45, 7) is 4.00. The zero-order chi connectivity index (χ0) is 32.9. The molecule has 3 atom stereocenters. The number of carboxylic acid groups (broad SMARTS) is 1. The maximum absolute atomic E-state index is 13.8. The number of ether oxygens (including phenoxy) is 1. The van der Waals surface area contributed by atoms with Crippen molar-refractivity contribution in [3.05, 3.63) is 88.8 Å². The number of carbonyl (C=O) groups is 2. The summed E-state index contributed by atoms with van der Waals surface area (Å²) in [7, 11) is -3.10. The van der Waals surface area contributed by atoms with Gasteiger partial charge >= 0.3 is 14.0 Å². The zero-order valence-electron chi connectivity index (χ0n) is 23.9. The van der Waals surface area contributed by atoms with Crippen LogP contribution in [0.5, 0.6) is 0 Å². The second kappa shape index (κ2) is 14.0. The van der Waals surface area contributed by atoms with E-state index >= 15 is 0 Å². The van der Waals surface area contributed by atoms with Crippen molar-refractivity contribution >= 4 is 19.7 Å². The van der Waals surface area contributed by atoms with Gasteiger partial charge in [0.05, 0.1) is 6.10 Å². The van der Waals surface area contributed by atoms with Gasteiger partial charge in [-0.3, -0.25) is 4.79 Å². The van der Waals surface area contributed by atoms with Gasteiger partial charge in [0.2, 0.25) is 19.0 Å². The Labute approximate surface area is 250 Å². The third-order valence-electron chi connectivity index (χ3n) is 7.36. The average molecular weight is 646 g/mol. The Morgan fingerprint density at radius 2 is 1.89 bits per heavy atom. The van der Waals surface area contributed by atoms with E-state index in [1.807, 2.05) is 31.2 Å². The number of amides is 1. The van der Waals surface area contributed by atoms with Gasteiger partial charge < -0.3 is 29.7 Å². The summed E-state index contributed by atoms with van der Waals surface area (Å²) < 4.78 is 69.0. The summed E-state index contributed by atoms with van der Waals surface area (Å²) in [4.78, 5) is 43.8. The van der Waals surface area contributed by atoms with Gasteiger partial charge in [0, 0.05) is 32.1 Å². The molecule has 44 heavy (non-hydrogen) atoms. The highest BCUT2D eigenvalue weighted by Crippen LogP contribution is 2.49. The maximum Gasteiger partial charge on any atom is 0.472 e. The lowest BCUT2D eigenvalue weighted by Crippen LogP contribution is -2.47. The van der Waals surface area contributed by atoms with E-state index in [9.17, 15) is 36.7 Å². The van der Waals surface area contributed by atoms with Crippen molar-refractivity contribution in [2.24, 2.45) is 0 Å². The van der Waals surface area contributed by atoms with Crippen LogP contribution >= 0.6 is 7.82 Å². The van der Waals surface area contributed by atoms with Gasteiger partial charge in [-0.05, 0) is 36.1 Å². The number of phosphoric ester groups is 1. The van der Waals surface area contributed by atoms with Gasteiger partial charge in [-0.25, -0.2) is 23.0 Å². The van der Waals surface area contributed by atoms with E-state index in [4.69, 9.17) is 19.2 Å². The third kappa shape index (κ3) is 7.90. The number of aromatic nitrogens is 2. The first-order chi connectivity index (χ1) is 20.5. The average Bonchev–Trinajstić information content (AvgIpc) is 3.33. The molecule has 0 radical (unpaired) electrons. The second-order valence-corrected chi connectivity index (χ2v) is 11.3. The van der Waals surface area contributed by atoms with Crippen LogP contribution in [-0.4, -0.2) is 52.6 Å². The number of halogens is 4. The van der Waals surface area contributed by atoms with E-state index in [-0.39, 0.29) is 24.4 Å². The number of aliphatic carboxylic acids is 1. The van der Waals surface area contributed by atoms with Crippen molar-refractivity contribution < 1.29 is 60.4 Å². The molecule has 1 aromatic carbocycles. The highest BCUT2D eigenvalue weighted by atomic mass is 31.2. The molecular weight excluding hydrogens is 613 g/mol. The van der Waals surface area contributed by atoms with Gasteiger partial charge in [-0.15, -0.1) is 0 Å². The number of imidazole rings is 1. The smallest absolute Gasteiger partial charge is 0.472 e. The molecular formula is C28H32F4N3O8P. The minimum atomic E-state index is -5.19. The first kappa shape index (κ1) is 34.9. The molecule has 0 bridgehead atoms. The highest BCUT2D eigenvalue weighted by molar-refractivity contribution is 7.46. The van der Waals surface area contributed by atoms with Crippen LogP contribution in [0, 0.1) is 12.7 Å². The quantitative estimate of drug-likeness (QED) is 0.147. The molecule has 2 unspecified atom stereocenters.